The van der Waals surface area contributed by atoms with Crippen LogP contribution in [0.25, 0.3) is 0 Å². The number of aliphatic hydroxyl groups excluding tert-OH is 3. The van der Waals surface area contributed by atoms with E-state index in [1.54, 1.807) is 42.2 Å². The molecule has 1 aliphatic heterocycles. The Morgan fingerprint density at radius 3 is 2.53 bits per heavy atom. The zero-order chi connectivity index (χ0) is 39.2. The maximum absolute atomic E-state index is 14.0. The molecule has 1 heterocycles. The Morgan fingerprint density at radius 1 is 1.04 bits per heavy atom. The van der Waals surface area contributed by atoms with Gasteiger partial charge in [-0.05, 0) is 80.3 Å². The molecule has 1 amide bonds. The zero-order valence-electron chi connectivity index (χ0n) is 32.0. The van der Waals surface area contributed by atoms with E-state index in [2.05, 4.69) is 17.8 Å². The lowest BCUT2D eigenvalue weighted by Gasteiger charge is -2.59. The number of hydrogen-bond acceptors (Lipinski definition) is 12. The fraction of sp³-hybridized carbons (Fsp3) is 0.548. The summed E-state index contributed by atoms with van der Waals surface area (Å²) in [4.78, 5) is 32.6. The van der Waals surface area contributed by atoms with Crippen LogP contribution in [-0.2, 0) is 19.0 Å². The van der Waals surface area contributed by atoms with Gasteiger partial charge in [-0.3, -0.25) is 9.69 Å². The highest BCUT2D eigenvalue weighted by atomic mass is 16.7. The Balaban J connectivity index is 1.75. The summed E-state index contributed by atoms with van der Waals surface area (Å²) in [5.74, 6) is -0.506. The van der Waals surface area contributed by atoms with Crippen molar-refractivity contribution in [2.75, 3.05) is 59.9 Å². The van der Waals surface area contributed by atoms with Crippen LogP contribution in [0.1, 0.15) is 73.7 Å². The Morgan fingerprint density at radius 2 is 1.82 bits per heavy atom. The molecule has 5 rings (SSSR count). The maximum atomic E-state index is 14.0. The number of allylic oxidation sites excluding steroid dienone is 1. The van der Waals surface area contributed by atoms with Crippen molar-refractivity contribution in [2.45, 2.75) is 69.6 Å². The van der Waals surface area contributed by atoms with E-state index in [9.17, 15) is 24.9 Å². The number of amides is 1. The van der Waals surface area contributed by atoms with E-state index < -0.39 is 23.8 Å². The second kappa shape index (κ2) is 20.6. The lowest BCUT2D eigenvalue weighted by atomic mass is 9.55. The molecule has 2 aromatic rings. The predicted octanol–water partition coefficient (Wildman–Crippen LogP) is 6.02. The fourth-order valence-corrected chi connectivity index (χ4v) is 8.52. The van der Waals surface area contributed by atoms with E-state index in [0.717, 1.165) is 43.1 Å². The third-order valence-electron chi connectivity index (χ3n) is 10.7. The van der Waals surface area contributed by atoms with Crippen molar-refractivity contribution in [1.29, 1.82) is 0 Å². The molecule has 0 bridgehead atoms. The van der Waals surface area contributed by atoms with Crippen LogP contribution >= 0.6 is 0 Å². The largest absolute Gasteiger partial charge is 0.459 e. The van der Waals surface area contributed by atoms with E-state index in [1.807, 2.05) is 18.2 Å². The molecule has 1 saturated carbocycles. The van der Waals surface area contributed by atoms with E-state index >= 15 is 0 Å². The maximum Gasteiger partial charge on any atom is 0.410 e. The van der Waals surface area contributed by atoms with Crippen molar-refractivity contribution < 1.29 is 53.4 Å². The minimum atomic E-state index is -1.46. The molecule has 0 spiro atoms. The standard InChI is InChI=1S/C42H56N2O11/c1-4-21-53-42-38(44(41(49)52-5-2)17-22-51-23-20-47)27-36(43-50-3)34-25-30(12-6-8-18-45)33(14-7-9-19-46)39(40(34)42)35-26-32(15-16-37(35)55-42)54-31-13-10-11-29(24-31)28-48/h4,10-11,13,15-16,24-26,28,30,33,38-40,45-47H,1,5-9,12,14,17-23,27H2,2-3H3. The van der Waals surface area contributed by atoms with Crippen LogP contribution in [0, 0.1) is 17.8 Å². The lowest BCUT2D eigenvalue weighted by molar-refractivity contribution is -0.256. The number of aliphatic hydroxyl groups is 3. The van der Waals surface area contributed by atoms with Crippen LogP contribution in [-0.4, -0.2) is 110 Å². The molecule has 55 heavy (non-hydrogen) atoms. The monoisotopic (exact) mass is 764 g/mol. The van der Waals surface area contributed by atoms with Gasteiger partial charge in [0.15, 0.2) is 0 Å². The molecule has 2 aliphatic carbocycles. The number of aldehydes is 1. The number of unbranched alkanes of at least 4 members (excludes halogenated alkanes) is 2. The van der Waals surface area contributed by atoms with Crippen LogP contribution in [0.15, 0.2) is 71.9 Å². The molecule has 1 fully saturated rings. The molecule has 6 unspecified atom stereocenters. The van der Waals surface area contributed by atoms with Crippen molar-refractivity contribution in [3.8, 4) is 17.2 Å². The Hall–Kier alpha value is -4.27. The molecule has 13 heteroatoms. The van der Waals surface area contributed by atoms with Gasteiger partial charge in [-0.25, -0.2) is 4.79 Å². The molecule has 13 nitrogen and oxygen atoms in total. The smallest absolute Gasteiger partial charge is 0.410 e. The van der Waals surface area contributed by atoms with Crippen LogP contribution in [0.2, 0.25) is 0 Å². The minimum absolute atomic E-state index is 0.0217. The number of carbonyl (C=O) groups is 2. The number of fused-ring (bicyclic) bond motifs is 2. The highest BCUT2D eigenvalue weighted by Crippen LogP contribution is 2.62. The average Bonchev–Trinajstić information content (AvgIpc) is 3.19. The number of rotatable bonds is 22. The number of oxime groups is 1. The number of nitrogens with zero attached hydrogens (tertiary/aromatic N) is 2. The van der Waals surface area contributed by atoms with Gasteiger partial charge in [0, 0.05) is 43.2 Å². The van der Waals surface area contributed by atoms with Crippen LogP contribution in [0.5, 0.6) is 17.2 Å². The van der Waals surface area contributed by atoms with Gasteiger partial charge in [-0.1, -0.05) is 42.3 Å². The van der Waals surface area contributed by atoms with Crippen molar-refractivity contribution in [3.63, 3.8) is 0 Å². The predicted molar refractivity (Wildman–Crippen MR) is 206 cm³/mol. The van der Waals surface area contributed by atoms with E-state index in [1.165, 1.54) is 7.11 Å². The summed E-state index contributed by atoms with van der Waals surface area (Å²) in [6, 6.07) is 11.8. The second-order valence-corrected chi connectivity index (χ2v) is 14.0. The normalized spacial score (nSPS) is 24.5. The lowest BCUT2D eigenvalue weighted by Crippen LogP contribution is -2.70. The molecular weight excluding hydrogens is 708 g/mol. The summed E-state index contributed by atoms with van der Waals surface area (Å²) in [6.45, 7) is 6.30. The molecule has 0 radical (unpaired) electrons. The van der Waals surface area contributed by atoms with Crippen molar-refractivity contribution in [3.05, 3.63) is 77.9 Å². The number of ether oxygens (including phenoxy) is 5. The Kier molecular flexibility index (Phi) is 15.7. The highest BCUT2D eigenvalue weighted by Gasteiger charge is 2.65. The van der Waals surface area contributed by atoms with Gasteiger partial charge in [0.25, 0.3) is 0 Å². The average molecular weight is 765 g/mol. The van der Waals surface area contributed by atoms with Gasteiger partial charge in [0.1, 0.15) is 36.7 Å². The molecule has 0 aromatic heterocycles. The summed E-state index contributed by atoms with van der Waals surface area (Å²) >= 11 is 0. The van der Waals surface area contributed by atoms with E-state index in [0.29, 0.717) is 41.4 Å². The first-order valence-corrected chi connectivity index (χ1v) is 19.4. The molecule has 300 valence electrons. The Labute approximate surface area is 323 Å². The first kappa shape index (κ1) is 41.9. The number of carbonyl (C=O) groups excluding carboxylic acids is 2. The van der Waals surface area contributed by atoms with Gasteiger partial charge in [0.2, 0.25) is 5.79 Å². The molecule has 3 aliphatic rings. The minimum Gasteiger partial charge on any atom is -0.459 e. The summed E-state index contributed by atoms with van der Waals surface area (Å²) < 4.78 is 31.7. The van der Waals surface area contributed by atoms with E-state index in [4.69, 9.17) is 28.5 Å². The summed E-state index contributed by atoms with van der Waals surface area (Å²) in [5.41, 5.74) is 2.93. The van der Waals surface area contributed by atoms with Crippen molar-refractivity contribution in [1.82, 2.24) is 4.90 Å². The third-order valence-corrected chi connectivity index (χ3v) is 10.7. The van der Waals surface area contributed by atoms with Gasteiger partial charge < -0.3 is 43.8 Å². The summed E-state index contributed by atoms with van der Waals surface area (Å²) in [7, 11) is 1.50. The SMILES string of the molecule is C=CCOC12Oc3ccc(Oc4cccc(C=O)c4)cc3C3C(CCCCO)C(CCCCO)C=C(C(=NOC)CC1N(CCOCCO)C(=O)OCC)C32. The summed E-state index contributed by atoms with van der Waals surface area (Å²) in [5, 5.41) is 33.6. The third kappa shape index (κ3) is 9.58. The molecule has 3 N–H and O–H groups in total. The van der Waals surface area contributed by atoms with Crippen molar-refractivity contribution in [2.24, 2.45) is 22.9 Å². The number of hydrogen-bond donors (Lipinski definition) is 3. The molecule has 6 atom stereocenters. The molecular formula is C42H56N2O11. The van der Waals surface area contributed by atoms with Gasteiger partial charge in [-0.15, -0.1) is 6.58 Å². The zero-order valence-corrected chi connectivity index (χ0v) is 32.0. The fourth-order valence-electron chi connectivity index (χ4n) is 8.52. The highest BCUT2D eigenvalue weighted by molar-refractivity contribution is 6.03. The van der Waals surface area contributed by atoms with Crippen LogP contribution in [0.3, 0.4) is 0 Å². The topological polar surface area (TPSA) is 166 Å². The second-order valence-electron chi connectivity index (χ2n) is 14.0. The first-order chi connectivity index (χ1) is 26.9. The number of benzene rings is 2. The van der Waals surface area contributed by atoms with Gasteiger partial charge in [-0.2, -0.15) is 0 Å². The Bertz CT molecular complexity index is 1650. The van der Waals surface area contributed by atoms with Gasteiger partial charge in [0.05, 0.1) is 44.7 Å². The molecule has 0 saturated heterocycles. The first-order valence-electron chi connectivity index (χ1n) is 19.4. The summed E-state index contributed by atoms with van der Waals surface area (Å²) in [6.07, 6.45) is 8.79. The van der Waals surface area contributed by atoms with Crippen LogP contribution in [0.4, 0.5) is 4.79 Å². The van der Waals surface area contributed by atoms with Crippen LogP contribution < -0.4 is 9.47 Å². The quantitative estimate of drug-likeness (QED) is 0.0556. The molecule has 2 aromatic carbocycles. The van der Waals surface area contributed by atoms with E-state index in [-0.39, 0.29) is 77.0 Å². The van der Waals surface area contributed by atoms with Gasteiger partial charge >= 0.3 is 6.09 Å². The van der Waals surface area contributed by atoms with Crippen molar-refractivity contribution >= 4 is 18.1 Å².